The quantitative estimate of drug-likeness (QED) is 0.634. The van der Waals surface area contributed by atoms with Crippen LogP contribution in [0.15, 0.2) is 18.7 Å². The smallest absolute Gasteiger partial charge is 0.205 e. The molecule has 100 valence electrons. The average molecular weight is 293 g/mol. The van der Waals surface area contributed by atoms with Crippen molar-refractivity contribution in [2.45, 2.75) is 12.4 Å². The van der Waals surface area contributed by atoms with E-state index in [0.29, 0.717) is 0 Å². The molecule has 0 atom stereocenters. The van der Waals surface area contributed by atoms with Crippen LogP contribution in [-0.2, 0) is 6.18 Å². The average Bonchev–Trinajstić information content (AvgIpc) is 2.17. The SMILES string of the molecule is C=C(c1cc(C(F)(F)F)cc(Cl)c1F)C(F)(F)F. The van der Waals surface area contributed by atoms with Crippen molar-refractivity contribution in [1.29, 1.82) is 0 Å². The summed E-state index contributed by atoms with van der Waals surface area (Å²) in [5, 5.41) is -1.05. The number of hydrogen-bond donors (Lipinski definition) is 0. The van der Waals surface area contributed by atoms with Crippen LogP contribution in [-0.4, -0.2) is 6.18 Å². The number of rotatable bonds is 1. The van der Waals surface area contributed by atoms with Gasteiger partial charge in [-0.2, -0.15) is 26.3 Å². The van der Waals surface area contributed by atoms with Gasteiger partial charge in [0.15, 0.2) is 0 Å². The molecule has 0 saturated heterocycles. The van der Waals surface area contributed by atoms with Gasteiger partial charge in [-0.3, -0.25) is 0 Å². The Morgan fingerprint density at radius 1 is 1.06 bits per heavy atom. The first-order valence-corrected chi connectivity index (χ1v) is 4.65. The van der Waals surface area contributed by atoms with Crippen LogP contribution < -0.4 is 0 Å². The lowest BCUT2D eigenvalue weighted by Gasteiger charge is -2.14. The molecule has 0 saturated carbocycles. The first-order valence-electron chi connectivity index (χ1n) is 4.27. The van der Waals surface area contributed by atoms with Gasteiger partial charge in [-0.05, 0) is 12.1 Å². The highest BCUT2D eigenvalue weighted by atomic mass is 35.5. The van der Waals surface area contributed by atoms with Crippen LogP contribution in [0.4, 0.5) is 30.7 Å². The standard InChI is InChI=1S/C10H4ClF7/c1-4(9(13,14)15)6-2-5(10(16,17)18)3-7(11)8(6)12/h2-3H,1H2. The normalized spacial score (nSPS) is 12.7. The first-order chi connectivity index (χ1) is 7.94. The maximum absolute atomic E-state index is 13.3. The molecule has 0 heterocycles. The molecule has 0 amide bonds. The summed E-state index contributed by atoms with van der Waals surface area (Å²) >= 11 is 5.14. The van der Waals surface area contributed by atoms with Gasteiger partial charge in [-0.25, -0.2) is 4.39 Å². The van der Waals surface area contributed by atoms with Gasteiger partial charge in [0.05, 0.1) is 16.2 Å². The van der Waals surface area contributed by atoms with E-state index in [-0.39, 0.29) is 12.1 Å². The van der Waals surface area contributed by atoms with Gasteiger partial charge < -0.3 is 0 Å². The van der Waals surface area contributed by atoms with Crippen LogP contribution in [0.25, 0.3) is 5.57 Å². The molecule has 1 aromatic carbocycles. The van der Waals surface area contributed by atoms with Crippen LogP contribution in [0.5, 0.6) is 0 Å². The van der Waals surface area contributed by atoms with Gasteiger partial charge in [0.25, 0.3) is 0 Å². The number of allylic oxidation sites excluding steroid dienone is 1. The zero-order chi connectivity index (χ0) is 14.3. The van der Waals surface area contributed by atoms with E-state index in [1.54, 1.807) is 0 Å². The molecule has 0 nitrogen and oxygen atoms in total. The molecule has 0 bridgehead atoms. The number of alkyl halides is 6. The molecular formula is C10H4ClF7. The Morgan fingerprint density at radius 2 is 1.56 bits per heavy atom. The molecule has 0 radical (unpaired) electrons. The summed E-state index contributed by atoms with van der Waals surface area (Å²) in [5.41, 5.74) is -4.52. The third-order valence-corrected chi connectivity index (χ3v) is 2.30. The van der Waals surface area contributed by atoms with Crippen molar-refractivity contribution in [3.63, 3.8) is 0 Å². The van der Waals surface area contributed by atoms with Crippen LogP contribution in [0.3, 0.4) is 0 Å². The van der Waals surface area contributed by atoms with E-state index in [9.17, 15) is 30.7 Å². The van der Waals surface area contributed by atoms with Gasteiger partial charge in [-0.15, -0.1) is 0 Å². The predicted molar refractivity (Wildman–Crippen MR) is 51.5 cm³/mol. The minimum absolute atomic E-state index is 0.0248. The van der Waals surface area contributed by atoms with E-state index in [1.807, 2.05) is 0 Å². The lowest BCUT2D eigenvalue weighted by Crippen LogP contribution is -2.13. The van der Waals surface area contributed by atoms with Crippen molar-refractivity contribution in [1.82, 2.24) is 0 Å². The molecule has 0 aliphatic heterocycles. The Hall–Kier alpha value is -1.24. The summed E-state index contributed by atoms with van der Waals surface area (Å²) in [7, 11) is 0. The van der Waals surface area contributed by atoms with Crippen LogP contribution in [0.2, 0.25) is 5.02 Å². The van der Waals surface area contributed by atoms with Crippen molar-refractivity contribution in [3.05, 3.63) is 40.7 Å². The molecule has 18 heavy (non-hydrogen) atoms. The van der Waals surface area contributed by atoms with Crippen LogP contribution in [0, 0.1) is 5.82 Å². The van der Waals surface area contributed by atoms with E-state index in [1.165, 1.54) is 0 Å². The monoisotopic (exact) mass is 292 g/mol. The second kappa shape index (κ2) is 4.46. The number of hydrogen-bond acceptors (Lipinski definition) is 0. The van der Waals surface area contributed by atoms with Gasteiger partial charge >= 0.3 is 12.4 Å². The molecule has 0 N–H and O–H groups in total. The summed E-state index contributed by atoms with van der Waals surface area (Å²) in [6, 6.07) is 0.237. The largest absolute Gasteiger partial charge is 0.416 e. The van der Waals surface area contributed by atoms with Crippen LogP contribution >= 0.6 is 11.6 Å². The number of benzene rings is 1. The van der Waals surface area contributed by atoms with E-state index in [2.05, 4.69) is 6.58 Å². The topological polar surface area (TPSA) is 0 Å². The molecule has 1 rings (SSSR count). The van der Waals surface area contributed by atoms with Gasteiger partial charge in [0.2, 0.25) is 0 Å². The Labute approximate surface area is 102 Å². The van der Waals surface area contributed by atoms with E-state index in [4.69, 9.17) is 11.6 Å². The minimum Gasteiger partial charge on any atom is -0.205 e. The Kier molecular flexibility index (Phi) is 3.67. The van der Waals surface area contributed by atoms with Crippen LogP contribution in [0.1, 0.15) is 11.1 Å². The highest BCUT2D eigenvalue weighted by Gasteiger charge is 2.38. The highest BCUT2D eigenvalue weighted by Crippen LogP contribution is 2.39. The molecule has 0 unspecified atom stereocenters. The van der Waals surface area contributed by atoms with E-state index < -0.39 is 39.9 Å². The predicted octanol–water partition coefficient (Wildman–Crippen LogP) is 5.07. The van der Waals surface area contributed by atoms with Gasteiger partial charge in [-0.1, -0.05) is 18.2 Å². The Balaban J connectivity index is 3.46. The molecule has 0 aromatic heterocycles. The fourth-order valence-electron chi connectivity index (χ4n) is 1.13. The third-order valence-electron chi connectivity index (χ3n) is 2.02. The zero-order valence-electron chi connectivity index (χ0n) is 8.39. The molecule has 1 aromatic rings. The lowest BCUT2D eigenvalue weighted by atomic mass is 10.0. The maximum Gasteiger partial charge on any atom is 0.416 e. The lowest BCUT2D eigenvalue weighted by molar-refractivity contribution is -0.137. The highest BCUT2D eigenvalue weighted by molar-refractivity contribution is 6.31. The van der Waals surface area contributed by atoms with Crippen molar-refractivity contribution < 1.29 is 30.7 Å². The third kappa shape index (κ3) is 2.95. The van der Waals surface area contributed by atoms with Crippen molar-refractivity contribution in [3.8, 4) is 0 Å². The first kappa shape index (κ1) is 14.8. The summed E-state index contributed by atoms with van der Waals surface area (Å²) in [4.78, 5) is 0. The molecular weight excluding hydrogens is 289 g/mol. The zero-order valence-corrected chi connectivity index (χ0v) is 9.14. The fraction of sp³-hybridized carbons (Fsp3) is 0.200. The van der Waals surface area contributed by atoms with Crippen molar-refractivity contribution >= 4 is 17.2 Å². The Bertz CT molecular complexity index is 484. The summed E-state index contributed by atoms with van der Waals surface area (Å²) in [6.07, 6.45) is -9.98. The minimum atomic E-state index is -5.05. The molecule has 0 aliphatic carbocycles. The summed E-state index contributed by atoms with van der Waals surface area (Å²) in [6.45, 7) is 2.53. The number of halogens is 8. The second-order valence-electron chi connectivity index (χ2n) is 3.29. The van der Waals surface area contributed by atoms with Gasteiger partial charge in [0, 0.05) is 5.56 Å². The molecule has 0 fully saturated rings. The summed E-state index contributed by atoms with van der Waals surface area (Å²) in [5.74, 6) is -1.59. The van der Waals surface area contributed by atoms with Crippen molar-refractivity contribution in [2.24, 2.45) is 0 Å². The van der Waals surface area contributed by atoms with E-state index in [0.717, 1.165) is 0 Å². The molecule has 0 spiro atoms. The second-order valence-corrected chi connectivity index (χ2v) is 3.70. The molecule has 8 heteroatoms. The van der Waals surface area contributed by atoms with Crippen molar-refractivity contribution in [2.75, 3.05) is 0 Å². The molecule has 0 aliphatic rings. The van der Waals surface area contributed by atoms with Gasteiger partial charge in [0.1, 0.15) is 5.82 Å². The van der Waals surface area contributed by atoms with E-state index >= 15 is 0 Å². The Morgan fingerprint density at radius 3 is 1.94 bits per heavy atom. The fourth-order valence-corrected chi connectivity index (χ4v) is 1.34. The summed E-state index contributed by atoms with van der Waals surface area (Å²) < 4.78 is 87.2. The maximum atomic E-state index is 13.3.